The second-order valence-electron chi connectivity index (χ2n) is 3.64. The predicted molar refractivity (Wildman–Crippen MR) is 64.6 cm³/mol. The number of rotatable bonds is 3. The van der Waals surface area contributed by atoms with E-state index in [2.05, 4.69) is 4.98 Å². The summed E-state index contributed by atoms with van der Waals surface area (Å²) in [5.41, 5.74) is 2.10. The van der Waals surface area contributed by atoms with Gasteiger partial charge in [-0.2, -0.15) is 0 Å². The van der Waals surface area contributed by atoms with Crippen LogP contribution in [0.25, 0.3) is 11.3 Å². The number of benzene rings is 1. The minimum atomic E-state index is -0.382. The molecule has 1 aromatic heterocycles. The van der Waals surface area contributed by atoms with E-state index in [0.29, 0.717) is 12.3 Å². The van der Waals surface area contributed by atoms with Gasteiger partial charge in [0.1, 0.15) is 0 Å². The fraction of sp³-hybridized carbons (Fsp3) is 0.231. The van der Waals surface area contributed by atoms with E-state index in [1.807, 2.05) is 41.9 Å². The molecule has 0 amide bonds. The molecule has 0 saturated carbocycles. The van der Waals surface area contributed by atoms with Crippen LogP contribution in [0.2, 0.25) is 0 Å². The summed E-state index contributed by atoms with van der Waals surface area (Å²) >= 11 is 0. The van der Waals surface area contributed by atoms with Gasteiger partial charge in [-0.3, -0.25) is 0 Å². The SMILES string of the molecule is CCOC(=O)c1ncn(C)c1-c1ccccc1. The van der Waals surface area contributed by atoms with Crippen LogP contribution < -0.4 is 0 Å². The van der Waals surface area contributed by atoms with Crippen molar-refractivity contribution in [3.8, 4) is 11.3 Å². The average Bonchev–Trinajstić information content (AvgIpc) is 2.73. The molecule has 0 aliphatic carbocycles. The van der Waals surface area contributed by atoms with Crippen LogP contribution in [0.4, 0.5) is 0 Å². The Morgan fingerprint density at radius 1 is 1.35 bits per heavy atom. The Morgan fingerprint density at radius 3 is 2.71 bits per heavy atom. The molecule has 0 bridgehead atoms. The number of aryl methyl sites for hydroxylation is 1. The maximum absolute atomic E-state index is 11.8. The Hall–Kier alpha value is -2.10. The van der Waals surface area contributed by atoms with Gasteiger partial charge in [0.15, 0.2) is 5.69 Å². The minimum absolute atomic E-state index is 0.351. The fourth-order valence-corrected chi connectivity index (χ4v) is 1.72. The largest absolute Gasteiger partial charge is 0.461 e. The van der Waals surface area contributed by atoms with Crippen molar-refractivity contribution in [3.05, 3.63) is 42.4 Å². The lowest BCUT2D eigenvalue weighted by atomic mass is 10.1. The predicted octanol–water partition coefficient (Wildman–Crippen LogP) is 2.26. The lowest BCUT2D eigenvalue weighted by molar-refractivity contribution is 0.0521. The zero-order valence-electron chi connectivity index (χ0n) is 9.88. The third kappa shape index (κ3) is 2.20. The number of nitrogens with zero attached hydrogens (tertiary/aromatic N) is 2. The molecule has 0 aliphatic heterocycles. The molecule has 4 nitrogen and oxygen atoms in total. The Kier molecular flexibility index (Phi) is 3.23. The molecule has 0 spiro atoms. The van der Waals surface area contributed by atoms with E-state index in [9.17, 15) is 4.79 Å². The first-order valence-corrected chi connectivity index (χ1v) is 5.48. The van der Waals surface area contributed by atoms with E-state index in [1.54, 1.807) is 13.3 Å². The lowest BCUT2D eigenvalue weighted by Crippen LogP contribution is -2.07. The summed E-state index contributed by atoms with van der Waals surface area (Å²) in [7, 11) is 1.86. The van der Waals surface area contributed by atoms with Gasteiger partial charge in [0.25, 0.3) is 0 Å². The molecule has 0 unspecified atom stereocenters. The van der Waals surface area contributed by atoms with Crippen LogP contribution in [0, 0.1) is 0 Å². The van der Waals surface area contributed by atoms with Crippen molar-refractivity contribution in [2.75, 3.05) is 6.61 Å². The number of ether oxygens (including phenoxy) is 1. The van der Waals surface area contributed by atoms with Crippen molar-refractivity contribution in [3.63, 3.8) is 0 Å². The first-order valence-electron chi connectivity index (χ1n) is 5.48. The molecule has 2 aromatic rings. The number of hydrogen-bond donors (Lipinski definition) is 0. The van der Waals surface area contributed by atoms with Crippen LogP contribution in [0.15, 0.2) is 36.7 Å². The van der Waals surface area contributed by atoms with Gasteiger partial charge in [-0.05, 0) is 6.92 Å². The Balaban J connectivity index is 2.47. The van der Waals surface area contributed by atoms with Gasteiger partial charge >= 0.3 is 5.97 Å². The molecule has 4 heteroatoms. The second kappa shape index (κ2) is 4.82. The highest BCUT2D eigenvalue weighted by Crippen LogP contribution is 2.22. The zero-order chi connectivity index (χ0) is 12.3. The molecule has 2 rings (SSSR count). The summed E-state index contributed by atoms with van der Waals surface area (Å²) in [5.74, 6) is -0.382. The highest BCUT2D eigenvalue weighted by Gasteiger charge is 2.18. The van der Waals surface area contributed by atoms with E-state index in [0.717, 1.165) is 11.3 Å². The number of carbonyl (C=O) groups excluding carboxylic acids is 1. The van der Waals surface area contributed by atoms with E-state index >= 15 is 0 Å². The van der Waals surface area contributed by atoms with Crippen LogP contribution in [-0.4, -0.2) is 22.1 Å². The topological polar surface area (TPSA) is 44.1 Å². The Labute approximate surface area is 99.9 Å². The normalized spacial score (nSPS) is 10.2. The van der Waals surface area contributed by atoms with Crippen molar-refractivity contribution in [2.24, 2.45) is 7.05 Å². The summed E-state index contributed by atoms with van der Waals surface area (Å²) in [6.07, 6.45) is 1.62. The van der Waals surface area contributed by atoms with E-state index < -0.39 is 0 Å². The summed E-state index contributed by atoms with van der Waals surface area (Å²) in [4.78, 5) is 15.9. The van der Waals surface area contributed by atoms with E-state index in [1.165, 1.54) is 0 Å². The maximum atomic E-state index is 11.8. The Morgan fingerprint density at radius 2 is 2.06 bits per heavy atom. The molecule has 17 heavy (non-hydrogen) atoms. The van der Waals surface area contributed by atoms with Gasteiger partial charge in [0, 0.05) is 12.6 Å². The molecule has 0 radical (unpaired) electrons. The summed E-state index contributed by atoms with van der Waals surface area (Å²) in [6, 6.07) is 9.68. The van der Waals surface area contributed by atoms with Crippen molar-refractivity contribution >= 4 is 5.97 Å². The van der Waals surface area contributed by atoms with Crippen LogP contribution in [-0.2, 0) is 11.8 Å². The third-order valence-corrected chi connectivity index (χ3v) is 2.45. The zero-order valence-corrected chi connectivity index (χ0v) is 9.88. The molecule has 0 N–H and O–H groups in total. The van der Waals surface area contributed by atoms with E-state index in [4.69, 9.17) is 4.74 Å². The third-order valence-electron chi connectivity index (χ3n) is 2.45. The Bertz CT molecular complexity index is 517. The fourth-order valence-electron chi connectivity index (χ4n) is 1.72. The van der Waals surface area contributed by atoms with Gasteiger partial charge in [0.05, 0.1) is 18.6 Å². The van der Waals surface area contributed by atoms with E-state index in [-0.39, 0.29) is 5.97 Å². The molecule has 1 heterocycles. The van der Waals surface area contributed by atoms with Crippen molar-refractivity contribution < 1.29 is 9.53 Å². The average molecular weight is 230 g/mol. The van der Waals surface area contributed by atoms with Crippen LogP contribution in [0.3, 0.4) is 0 Å². The monoisotopic (exact) mass is 230 g/mol. The van der Waals surface area contributed by atoms with Crippen molar-refractivity contribution in [2.45, 2.75) is 6.92 Å². The van der Waals surface area contributed by atoms with Crippen LogP contribution >= 0.6 is 0 Å². The standard InChI is InChI=1S/C13H14N2O2/c1-3-17-13(16)11-12(15(2)9-14-11)10-7-5-4-6-8-10/h4-9H,3H2,1-2H3. The van der Waals surface area contributed by atoms with Gasteiger partial charge in [0.2, 0.25) is 0 Å². The second-order valence-corrected chi connectivity index (χ2v) is 3.64. The quantitative estimate of drug-likeness (QED) is 0.760. The first kappa shape index (κ1) is 11.4. The summed E-state index contributed by atoms with van der Waals surface area (Å²) in [5, 5.41) is 0. The van der Waals surface area contributed by atoms with Crippen molar-refractivity contribution in [1.29, 1.82) is 0 Å². The van der Waals surface area contributed by atoms with Crippen LogP contribution in [0.5, 0.6) is 0 Å². The molecular weight excluding hydrogens is 216 g/mol. The van der Waals surface area contributed by atoms with Gasteiger partial charge in [-0.25, -0.2) is 9.78 Å². The molecular formula is C13H14N2O2. The smallest absolute Gasteiger partial charge is 0.359 e. The highest BCUT2D eigenvalue weighted by molar-refractivity contribution is 5.94. The highest BCUT2D eigenvalue weighted by atomic mass is 16.5. The van der Waals surface area contributed by atoms with Crippen LogP contribution in [0.1, 0.15) is 17.4 Å². The summed E-state index contributed by atoms with van der Waals surface area (Å²) in [6.45, 7) is 2.13. The number of hydrogen-bond acceptors (Lipinski definition) is 3. The maximum Gasteiger partial charge on any atom is 0.359 e. The van der Waals surface area contributed by atoms with Gasteiger partial charge in [-0.15, -0.1) is 0 Å². The molecule has 0 atom stereocenters. The van der Waals surface area contributed by atoms with Crippen molar-refractivity contribution in [1.82, 2.24) is 9.55 Å². The number of imidazole rings is 1. The number of aromatic nitrogens is 2. The molecule has 0 saturated heterocycles. The molecule has 88 valence electrons. The lowest BCUT2D eigenvalue weighted by Gasteiger charge is -2.05. The van der Waals surface area contributed by atoms with Gasteiger partial charge in [-0.1, -0.05) is 30.3 Å². The summed E-state index contributed by atoms with van der Waals surface area (Å²) < 4.78 is 6.81. The molecule has 0 aliphatic rings. The molecule has 0 fully saturated rings. The number of esters is 1. The molecule has 1 aromatic carbocycles. The number of carbonyl (C=O) groups is 1. The first-order chi connectivity index (χ1) is 8.24. The minimum Gasteiger partial charge on any atom is -0.461 e. The van der Waals surface area contributed by atoms with Gasteiger partial charge < -0.3 is 9.30 Å².